The maximum absolute atomic E-state index is 10.9. The minimum atomic E-state index is -0.388. The first-order chi connectivity index (χ1) is 9.90. The van der Waals surface area contributed by atoms with Gasteiger partial charge in [-0.2, -0.15) is 0 Å². The van der Waals surface area contributed by atoms with Crippen LogP contribution >= 0.6 is 15.9 Å². The van der Waals surface area contributed by atoms with E-state index >= 15 is 0 Å². The fraction of sp³-hybridized carbons (Fsp3) is 0.333. The lowest BCUT2D eigenvalue weighted by molar-refractivity contribution is -0.385. The Morgan fingerprint density at radius 3 is 2.71 bits per heavy atom. The van der Waals surface area contributed by atoms with Gasteiger partial charge in [0.1, 0.15) is 11.5 Å². The Morgan fingerprint density at radius 1 is 1.43 bits per heavy atom. The van der Waals surface area contributed by atoms with Gasteiger partial charge in [-0.3, -0.25) is 10.1 Å². The lowest BCUT2D eigenvalue weighted by Crippen LogP contribution is -2.18. The summed E-state index contributed by atoms with van der Waals surface area (Å²) in [6.45, 7) is 6.43. The Morgan fingerprint density at radius 2 is 2.14 bits per heavy atom. The number of nitro benzene ring substituents is 1. The van der Waals surface area contributed by atoms with E-state index in [9.17, 15) is 10.1 Å². The summed E-state index contributed by atoms with van der Waals surface area (Å²) in [5, 5.41) is 14.3. The van der Waals surface area contributed by atoms with Crippen LogP contribution in [-0.4, -0.2) is 4.92 Å². The predicted octanol–water partition coefficient (Wildman–Crippen LogP) is 4.42. The van der Waals surface area contributed by atoms with Crippen molar-refractivity contribution in [1.82, 2.24) is 5.32 Å². The predicted molar refractivity (Wildman–Crippen MR) is 84.2 cm³/mol. The minimum Gasteiger partial charge on any atom is -0.466 e. The van der Waals surface area contributed by atoms with Gasteiger partial charge in [-0.15, -0.1) is 0 Å². The molecule has 1 heterocycles. The summed E-state index contributed by atoms with van der Waals surface area (Å²) >= 11 is 3.31. The van der Waals surface area contributed by atoms with Crippen LogP contribution in [0, 0.1) is 24.0 Å². The average Bonchev–Trinajstić information content (AvgIpc) is 2.76. The number of nitrogens with one attached hydrogen (secondary N) is 1. The number of nitrogens with zero attached hydrogens (tertiary/aromatic N) is 1. The van der Waals surface area contributed by atoms with E-state index in [0.29, 0.717) is 11.0 Å². The summed E-state index contributed by atoms with van der Waals surface area (Å²) in [5.74, 6) is 1.78. The third kappa shape index (κ3) is 3.51. The number of hydrogen-bond acceptors (Lipinski definition) is 4. The number of furan rings is 1. The molecule has 0 aliphatic carbocycles. The van der Waals surface area contributed by atoms with E-state index in [2.05, 4.69) is 21.2 Å². The van der Waals surface area contributed by atoms with Crippen LogP contribution in [0.4, 0.5) is 5.69 Å². The molecule has 112 valence electrons. The number of halogens is 1. The molecule has 21 heavy (non-hydrogen) atoms. The molecule has 0 aliphatic heterocycles. The zero-order valence-corrected chi connectivity index (χ0v) is 13.7. The summed E-state index contributed by atoms with van der Waals surface area (Å²) in [5.41, 5.74) is 2.04. The lowest BCUT2D eigenvalue weighted by Gasteiger charge is -2.14. The van der Waals surface area contributed by atoms with E-state index in [1.165, 1.54) is 6.07 Å². The van der Waals surface area contributed by atoms with Gasteiger partial charge in [0, 0.05) is 24.2 Å². The summed E-state index contributed by atoms with van der Waals surface area (Å²) in [4.78, 5) is 10.5. The zero-order valence-electron chi connectivity index (χ0n) is 12.1. The van der Waals surface area contributed by atoms with Gasteiger partial charge >= 0.3 is 0 Å². The number of nitro groups is 1. The Balaban J connectivity index is 2.11. The monoisotopic (exact) mass is 352 g/mol. The quantitative estimate of drug-likeness (QED) is 0.638. The van der Waals surface area contributed by atoms with Crippen LogP contribution in [0.3, 0.4) is 0 Å². The Bertz CT molecular complexity index is 667. The molecule has 1 atom stereocenters. The molecule has 6 heteroatoms. The third-order valence-electron chi connectivity index (χ3n) is 3.40. The molecule has 0 saturated heterocycles. The second kappa shape index (κ2) is 6.41. The molecule has 0 fully saturated rings. The summed E-state index contributed by atoms with van der Waals surface area (Å²) in [7, 11) is 0. The summed E-state index contributed by atoms with van der Waals surface area (Å²) in [6, 6.07) is 7.16. The van der Waals surface area contributed by atoms with Gasteiger partial charge in [0.05, 0.1) is 9.40 Å². The van der Waals surface area contributed by atoms with Crippen LogP contribution < -0.4 is 5.32 Å². The van der Waals surface area contributed by atoms with E-state index in [0.717, 1.165) is 22.6 Å². The van der Waals surface area contributed by atoms with Crippen LogP contribution in [0.25, 0.3) is 0 Å². The molecule has 0 spiro atoms. The number of benzene rings is 1. The van der Waals surface area contributed by atoms with Crippen molar-refractivity contribution in [2.75, 3.05) is 0 Å². The van der Waals surface area contributed by atoms with Crippen molar-refractivity contribution >= 4 is 21.6 Å². The van der Waals surface area contributed by atoms with Gasteiger partial charge in [0.25, 0.3) is 5.69 Å². The normalized spacial score (nSPS) is 12.4. The fourth-order valence-corrected chi connectivity index (χ4v) is 2.85. The third-order valence-corrected chi connectivity index (χ3v) is 4.32. The summed E-state index contributed by atoms with van der Waals surface area (Å²) < 4.78 is 6.05. The van der Waals surface area contributed by atoms with Gasteiger partial charge in [0.15, 0.2) is 0 Å². The lowest BCUT2D eigenvalue weighted by atomic mass is 10.1. The molecule has 1 N–H and O–H groups in total. The zero-order chi connectivity index (χ0) is 15.6. The highest BCUT2D eigenvalue weighted by Gasteiger charge is 2.16. The Hall–Kier alpha value is -1.66. The van der Waals surface area contributed by atoms with Crippen LogP contribution in [0.5, 0.6) is 0 Å². The second-order valence-electron chi connectivity index (χ2n) is 4.98. The standard InChI is InChI=1S/C15H17BrN2O3/c1-9-7-13(11(3)21-9)10(2)17-8-12-5-4-6-14(15(12)16)18(19)20/h4-7,10,17H,8H2,1-3H3. The van der Waals surface area contributed by atoms with Crippen LogP contribution in [0.15, 0.2) is 33.2 Å². The molecule has 2 rings (SSSR count). The van der Waals surface area contributed by atoms with Crippen molar-refractivity contribution in [3.05, 3.63) is 61.5 Å². The van der Waals surface area contributed by atoms with E-state index in [-0.39, 0.29) is 16.7 Å². The van der Waals surface area contributed by atoms with Crippen molar-refractivity contribution in [1.29, 1.82) is 0 Å². The highest BCUT2D eigenvalue weighted by atomic mass is 79.9. The molecule has 0 amide bonds. The first kappa shape index (κ1) is 15.7. The topological polar surface area (TPSA) is 68.3 Å². The first-order valence-corrected chi connectivity index (χ1v) is 7.41. The summed E-state index contributed by atoms with van der Waals surface area (Å²) in [6.07, 6.45) is 0. The molecule has 1 aromatic carbocycles. The smallest absolute Gasteiger partial charge is 0.283 e. The second-order valence-corrected chi connectivity index (χ2v) is 5.77. The molecule has 5 nitrogen and oxygen atoms in total. The van der Waals surface area contributed by atoms with Crippen LogP contribution in [-0.2, 0) is 6.54 Å². The highest BCUT2D eigenvalue weighted by molar-refractivity contribution is 9.10. The highest BCUT2D eigenvalue weighted by Crippen LogP contribution is 2.29. The SMILES string of the molecule is Cc1cc(C(C)NCc2cccc([N+](=O)[O-])c2Br)c(C)o1. The van der Waals surface area contributed by atoms with Gasteiger partial charge in [-0.25, -0.2) is 0 Å². The van der Waals surface area contributed by atoms with E-state index in [1.54, 1.807) is 6.07 Å². The van der Waals surface area contributed by atoms with Gasteiger partial charge in [0.2, 0.25) is 0 Å². The van der Waals surface area contributed by atoms with Crippen molar-refractivity contribution < 1.29 is 9.34 Å². The molecule has 2 aromatic rings. The molecule has 0 bridgehead atoms. The van der Waals surface area contributed by atoms with Crippen LogP contribution in [0.1, 0.15) is 35.6 Å². The van der Waals surface area contributed by atoms with Crippen LogP contribution in [0.2, 0.25) is 0 Å². The minimum absolute atomic E-state index is 0.0808. The largest absolute Gasteiger partial charge is 0.466 e. The maximum Gasteiger partial charge on any atom is 0.283 e. The average molecular weight is 353 g/mol. The first-order valence-electron chi connectivity index (χ1n) is 6.62. The Labute approximate surface area is 131 Å². The fourth-order valence-electron chi connectivity index (χ4n) is 2.30. The van der Waals surface area contributed by atoms with E-state index < -0.39 is 0 Å². The van der Waals surface area contributed by atoms with E-state index in [4.69, 9.17) is 4.42 Å². The van der Waals surface area contributed by atoms with Crippen molar-refractivity contribution in [3.8, 4) is 0 Å². The molecule has 1 aromatic heterocycles. The van der Waals surface area contributed by atoms with Crippen molar-refractivity contribution in [3.63, 3.8) is 0 Å². The molecule has 1 unspecified atom stereocenters. The molecule has 0 aliphatic rings. The molecule has 0 radical (unpaired) electrons. The number of hydrogen-bond donors (Lipinski definition) is 1. The van der Waals surface area contributed by atoms with Gasteiger partial charge < -0.3 is 9.73 Å². The molecule has 0 saturated carbocycles. The Kier molecular flexibility index (Phi) is 4.80. The number of aryl methyl sites for hydroxylation is 2. The van der Waals surface area contributed by atoms with Gasteiger partial charge in [-0.05, 0) is 48.3 Å². The van der Waals surface area contributed by atoms with E-state index in [1.807, 2.05) is 32.9 Å². The van der Waals surface area contributed by atoms with Crippen molar-refractivity contribution in [2.24, 2.45) is 0 Å². The maximum atomic E-state index is 10.9. The van der Waals surface area contributed by atoms with Crippen molar-refractivity contribution in [2.45, 2.75) is 33.4 Å². The number of rotatable bonds is 5. The molecular formula is C15H17BrN2O3. The van der Waals surface area contributed by atoms with Gasteiger partial charge in [-0.1, -0.05) is 12.1 Å². The molecular weight excluding hydrogens is 336 g/mol.